The van der Waals surface area contributed by atoms with Gasteiger partial charge in [0.2, 0.25) is 0 Å². The van der Waals surface area contributed by atoms with E-state index >= 15 is 0 Å². The highest BCUT2D eigenvalue weighted by molar-refractivity contribution is 5.78. The summed E-state index contributed by atoms with van der Waals surface area (Å²) < 4.78 is 13.5. The molecule has 1 aromatic heterocycles. The molecule has 108 valence electrons. The van der Waals surface area contributed by atoms with Gasteiger partial charge in [-0.15, -0.1) is 0 Å². The van der Waals surface area contributed by atoms with Crippen LogP contribution < -0.4 is 4.84 Å². The Kier molecular flexibility index (Phi) is 4.92. The highest BCUT2D eigenvalue weighted by atomic mass is 19.1. The van der Waals surface area contributed by atoms with Crippen molar-refractivity contribution in [2.75, 3.05) is 14.1 Å². The normalized spacial score (nSPS) is 11.2. The van der Waals surface area contributed by atoms with E-state index in [1.165, 1.54) is 12.6 Å². The summed E-state index contributed by atoms with van der Waals surface area (Å²) >= 11 is 0. The number of aliphatic imine (C=N–C) groups is 1. The van der Waals surface area contributed by atoms with Gasteiger partial charge < -0.3 is 9.74 Å². The molecule has 0 spiro atoms. The van der Waals surface area contributed by atoms with Gasteiger partial charge in [-0.05, 0) is 5.56 Å². The van der Waals surface area contributed by atoms with Crippen molar-refractivity contribution < 1.29 is 9.23 Å². The van der Waals surface area contributed by atoms with E-state index in [0.29, 0.717) is 0 Å². The predicted octanol–water partition coefficient (Wildman–Crippen LogP) is 2.25. The second kappa shape index (κ2) is 7.09. The predicted molar refractivity (Wildman–Crippen MR) is 78.5 cm³/mol. The van der Waals surface area contributed by atoms with Gasteiger partial charge in [0.15, 0.2) is 11.6 Å². The molecular weight excluding hydrogens is 273 g/mol. The van der Waals surface area contributed by atoms with Gasteiger partial charge in [-0.1, -0.05) is 35.5 Å². The van der Waals surface area contributed by atoms with Gasteiger partial charge in [0, 0.05) is 14.1 Å². The smallest absolute Gasteiger partial charge is 0.347 e. The maximum atomic E-state index is 13.5. The average molecular weight is 287 g/mol. The lowest BCUT2D eigenvalue weighted by Crippen LogP contribution is -2.07. The number of benzene rings is 1. The number of hydrogen-bond acceptors (Lipinski definition) is 5. The fraction of sp³-hybridized carbons (Fsp3) is 0.143. The van der Waals surface area contributed by atoms with Crippen molar-refractivity contribution in [2.24, 2.45) is 10.1 Å². The molecule has 0 saturated heterocycles. The summed E-state index contributed by atoms with van der Waals surface area (Å²) in [5.74, 6) is -0.740. The molecule has 1 heterocycles. The van der Waals surface area contributed by atoms with Crippen molar-refractivity contribution in [1.82, 2.24) is 14.9 Å². The Morgan fingerprint density at radius 1 is 1.24 bits per heavy atom. The number of halogens is 1. The van der Waals surface area contributed by atoms with Gasteiger partial charge >= 0.3 is 6.01 Å². The van der Waals surface area contributed by atoms with Crippen LogP contribution >= 0.6 is 0 Å². The number of nitrogens with zero attached hydrogens (tertiary/aromatic N) is 5. The Morgan fingerprint density at radius 2 is 2.00 bits per heavy atom. The zero-order valence-electron chi connectivity index (χ0n) is 11.6. The van der Waals surface area contributed by atoms with Crippen LogP contribution in [0.15, 0.2) is 46.7 Å². The molecule has 21 heavy (non-hydrogen) atoms. The first-order valence-electron chi connectivity index (χ1n) is 6.14. The Bertz CT molecular complexity index is 643. The van der Waals surface area contributed by atoms with Crippen molar-refractivity contribution in [1.29, 1.82) is 0 Å². The highest BCUT2D eigenvalue weighted by Crippen LogP contribution is 2.16. The topological polar surface area (TPSA) is 63.0 Å². The van der Waals surface area contributed by atoms with E-state index < -0.39 is 5.82 Å². The molecule has 0 aliphatic heterocycles. The third-order valence-electron chi connectivity index (χ3n) is 2.25. The standard InChI is InChI=1S/C14H14FN5O/c1-20(2)10-17-13-12(15)9-16-14(19-13)21-18-8-11-6-4-3-5-7-11/h3-10H,1-2H3/b17-10?,18-8+. The summed E-state index contributed by atoms with van der Waals surface area (Å²) in [6, 6.07) is 9.31. The van der Waals surface area contributed by atoms with Crippen LogP contribution in [0.5, 0.6) is 6.01 Å². The molecule has 0 amide bonds. The third-order valence-corrected chi connectivity index (χ3v) is 2.25. The molecule has 0 radical (unpaired) electrons. The molecule has 0 N–H and O–H groups in total. The quantitative estimate of drug-likeness (QED) is 0.480. The van der Waals surface area contributed by atoms with Crippen molar-refractivity contribution in [3.05, 3.63) is 47.9 Å². The van der Waals surface area contributed by atoms with Crippen molar-refractivity contribution in [3.8, 4) is 6.01 Å². The van der Waals surface area contributed by atoms with Crippen LogP contribution in [-0.2, 0) is 0 Å². The molecule has 0 aliphatic rings. The van der Waals surface area contributed by atoms with Crippen LogP contribution in [-0.4, -0.2) is 41.5 Å². The molecule has 1 aromatic carbocycles. The van der Waals surface area contributed by atoms with Gasteiger partial charge in [-0.25, -0.2) is 9.38 Å². The first kappa shape index (κ1) is 14.6. The van der Waals surface area contributed by atoms with Gasteiger partial charge in [-0.2, -0.15) is 9.97 Å². The fourth-order valence-corrected chi connectivity index (χ4v) is 1.32. The molecule has 0 saturated carbocycles. The molecular formula is C14H14FN5O. The van der Waals surface area contributed by atoms with Gasteiger partial charge in [0.25, 0.3) is 0 Å². The van der Waals surface area contributed by atoms with E-state index in [1.54, 1.807) is 19.0 Å². The molecule has 7 heteroatoms. The highest BCUT2D eigenvalue weighted by Gasteiger charge is 2.06. The number of aromatic nitrogens is 2. The van der Waals surface area contributed by atoms with Crippen molar-refractivity contribution in [3.63, 3.8) is 0 Å². The molecule has 2 aromatic rings. The maximum absolute atomic E-state index is 13.5. The zero-order valence-corrected chi connectivity index (χ0v) is 11.6. The minimum absolute atomic E-state index is 0.0745. The average Bonchev–Trinajstić information content (AvgIpc) is 2.48. The van der Waals surface area contributed by atoms with Crippen molar-refractivity contribution in [2.45, 2.75) is 0 Å². The number of oxime groups is 1. The lowest BCUT2D eigenvalue weighted by atomic mass is 10.2. The summed E-state index contributed by atoms with van der Waals surface area (Å²) in [7, 11) is 3.54. The largest absolute Gasteiger partial charge is 0.369 e. The molecule has 0 atom stereocenters. The van der Waals surface area contributed by atoms with Gasteiger partial charge in [0.05, 0.1) is 18.7 Å². The minimum atomic E-state index is -0.632. The second-order valence-corrected chi connectivity index (χ2v) is 4.27. The summed E-state index contributed by atoms with van der Waals surface area (Å²) in [5.41, 5.74) is 0.866. The number of rotatable bonds is 5. The Labute approximate surface area is 121 Å². The fourth-order valence-electron chi connectivity index (χ4n) is 1.32. The van der Waals surface area contributed by atoms with E-state index in [0.717, 1.165) is 11.8 Å². The molecule has 6 nitrogen and oxygen atoms in total. The maximum Gasteiger partial charge on any atom is 0.347 e. The van der Waals surface area contributed by atoms with Gasteiger partial charge in [0.1, 0.15) is 0 Å². The van der Waals surface area contributed by atoms with Crippen LogP contribution in [0.1, 0.15) is 5.56 Å². The van der Waals surface area contributed by atoms with Crippen molar-refractivity contribution >= 4 is 18.4 Å². The van der Waals surface area contributed by atoms with E-state index in [9.17, 15) is 4.39 Å². The first-order valence-corrected chi connectivity index (χ1v) is 6.14. The van der Waals surface area contributed by atoms with E-state index in [1.807, 2.05) is 30.3 Å². The molecule has 0 aliphatic carbocycles. The summed E-state index contributed by atoms with van der Waals surface area (Å²) in [5, 5.41) is 3.74. The van der Waals surface area contributed by atoms with Gasteiger partial charge in [-0.3, -0.25) is 0 Å². The summed E-state index contributed by atoms with van der Waals surface area (Å²) in [6.45, 7) is 0. The minimum Gasteiger partial charge on any atom is -0.369 e. The monoisotopic (exact) mass is 287 g/mol. The van der Waals surface area contributed by atoms with E-state index in [-0.39, 0.29) is 11.8 Å². The van der Waals surface area contributed by atoms with Crippen LogP contribution in [0.3, 0.4) is 0 Å². The Hall–Kier alpha value is -2.83. The SMILES string of the molecule is CN(C)C=Nc1nc(O/N=C/c2ccccc2)ncc1F. The lowest BCUT2D eigenvalue weighted by molar-refractivity contribution is 0.313. The summed E-state index contributed by atoms with van der Waals surface area (Å²) in [6.07, 6.45) is 3.93. The molecule has 2 rings (SSSR count). The number of hydrogen-bond donors (Lipinski definition) is 0. The molecule has 0 bridgehead atoms. The molecule has 0 fully saturated rings. The van der Waals surface area contributed by atoms with Crippen LogP contribution in [0, 0.1) is 5.82 Å². The zero-order chi connectivity index (χ0) is 15.1. The van der Waals surface area contributed by atoms with Crippen LogP contribution in [0.25, 0.3) is 0 Å². The first-order chi connectivity index (χ1) is 10.1. The third kappa shape index (κ3) is 4.64. The van der Waals surface area contributed by atoms with E-state index in [4.69, 9.17) is 4.84 Å². The van der Waals surface area contributed by atoms with E-state index in [2.05, 4.69) is 20.1 Å². The second-order valence-electron chi connectivity index (χ2n) is 4.27. The van der Waals surface area contributed by atoms with Crippen LogP contribution in [0.2, 0.25) is 0 Å². The van der Waals surface area contributed by atoms with Crippen LogP contribution in [0.4, 0.5) is 10.2 Å². The lowest BCUT2D eigenvalue weighted by Gasteiger charge is -2.03. The Balaban J connectivity index is 2.07. The summed E-state index contributed by atoms with van der Waals surface area (Å²) in [4.78, 5) is 18.1. The Morgan fingerprint density at radius 3 is 2.71 bits per heavy atom. The molecule has 0 unspecified atom stereocenters.